The molecule has 0 aromatic heterocycles. The number of rotatable bonds is 7. The highest BCUT2D eigenvalue weighted by molar-refractivity contribution is 7.89. The maximum atomic E-state index is 12.8. The molecule has 29 heavy (non-hydrogen) atoms. The molecule has 154 valence electrons. The second kappa shape index (κ2) is 7.80. The van der Waals surface area contributed by atoms with E-state index in [0.717, 1.165) is 35.4 Å². The fourth-order valence-electron chi connectivity index (χ4n) is 3.62. The van der Waals surface area contributed by atoms with E-state index in [-0.39, 0.29) is 29.4 Å². The van der Waals surface area contributed by atoms with Crippen molar-refractivity contribution in [1.82, 2.24) is 4.72 Å². The second-order valence-corrected chi connectivity index (χ2v) is 9.62. The Labute approximate surface area is 171 Å². The Morgan fingerprint density at radius 3 is 2.72 bits per heavy atom. The number of para-hydroxylation sites is 1. The van der Waals surface area contributed by atoms with Gasteiger partial charge in [0.15, 0.2) is 0 Å². The highest BCUT2D eigenvalue weighted by atomic mass is 32.2. The molecule has 4 rings (SSSR count). The molecule has 2 aromatic carbocycles. The standard InChI is InChI=1S/C22H26N2O4S/c1-15-5-3-4-6-21(15)28-14-16(2)23-29(26,27)19-9-10-20-18(13-19)11-12-24(20)22(25)17-7-8-17/h3-6,9-10,13,16-17,23H,7-8,11-12,14H2,1-2H3/t16-/m1/s1. The molecule has 0 saturated heterocycles. The molecule has 0 spiro atoms. The summed E-state index contributed by atoms with van der Waals surface area (Å²) in [6.07, 6.45) is 2.61. The van der Waals surface area contributed by atoms with Gasteiger partial charge in [-0.3, -0.25) is 4.79 Å². The van der Waals surface area contributed by atoms with Crippen LogP contribution in [-0.4, -0.2) is 33.5 Å². The maximum Gasteiger partial charge on any atom is 0.240 e. The van der Waals surface area contributed by atoms with E-state index in [2.05, 4.69) is 4.72 Å². The van der Waals surface area contributed by atoms with Crippen molar-refractivity contribution < 1.29 is 17.9 Å². The third-order valence-electron chi connectivity index (χ3n) is 5.39. The average Bonchev–Trinajstić information content (AvgIpc) is 3.45. The van der Waals surface area contributed by atoms with Crippen LogP contribution in [0.5, 0.6) is 5.75 Å². The first-order chi connectivity index (χ1) is 13.8. The molecule has 0 bridgehead atoms. The molecule has 2 aliphatic rings. The molecule has 1 atom stereocenters. The Morgan fingerprint density at radius 1 is 1.24 bits per heavy atom. The number of nitrogens with zero attached hydrogens (tertiary/aromatic N) is 1. The van der Waals surface area contributed by atoms with Crippen LogP contribution in [0, 0.1) is 12.8 Å². The lowest BCUT2D eigenvalue weighted by Gasteiger charge is -2.18. The van der Waals surface area contributed by atoms with E-state index in [1.54, 1.807) is 30.0 Å². The maximum absolute atomic E-state index is 12.8. The summed E-state index contributed by atoms with van der Waals surface area (Å²) in [5.74, 6) is 1.07. The van der Waals surface area contributed by atoms with Crippen molar-refractivity contribution in [3.05, 3.63) is 53.6 Å². The number of nitrogens with one attached hydrogen (secondary N) is 1. The SMILES string of the molecule is Cc1ccccc1OC[C@@H](C)NS(=O)(=O)c1ccc2c(c1)CCN2C(=O)C1CC1. The number of benzene rings is 2. The fraction of sp³-hybridized carbons (Fsp3) is 0.409. The number of carbonyl (C=O) groups excluding carboxylic acids is 1. The summed E-state index contributed by atoms with van der Waals surface area (Å²) < 4.78 is 34.0. The third kappa shape index (κ3) is 4.31. The van der Waals surface area contributed by atoms with E-state index < -0.39 is 10.0 Å². The van der Waals surface area contributed by atoms with Crippen molar-refractivity contribution in [2.24, 2.45) is 5.92 Å². The molecule has 1 heterocycles. The van der Waals surface area contributed by atoms with Crippen LogP contribution in [0.4, 0.5) is 5.69 Å². The number of hydrogen-bond acceptors (Lipinski definition) is 4. The van der Waals surface area contributed by atoms with Crippen molar-refractivity contribution in [2.75, 3.05) is 18.1 Å². The zero-order valence-electron chi connectivity index (χ0n) is 16.7. The lowest BCUT2D eigenvalue weighted by Crippen LogP contribution is -2.36. The minimum absolute atomic E-state index is 0.153. The summed E-state index contributed by atoms with van der Waals surface area (Å²) in [6, 6.07) is 12.3. The Morgan fingerprint density at radius 2 is 2.00 bits per heavy atom. The molecule has 1 saturated carbocycles. The quantitative estimate of drug-likeness (QED) is 0.756. The van der Waals surface area contributed by atoms with Gasteiger partial charge in [-0.15, -0.1) is 0 Å². The van der Waals surface area contributed by atoms with E-state index in [1.807, 2.05) is 31.2 Å². The number of hydrogen-bond donors (Lipinski definition) is 1. The molecule has 1 amide bonds. The molecule has 2 aromatic rings. The van der Waals surface area contributed by atoms with Crippen molar-refractivity contribution in [1.29, 1.82) is 0 Å². The van der Waals surface area contributed by atoms with Gasteiger partial charge in [0.2, 0.25) is 15.9 Å². The molecule has 7 heteroatoms. The molecule has 0 radical (unpaired) electrons. The second-order valence-electron chi connectivity index (χ2n) is 7.90. The molecule has 1 N–H and O–H groups in total. The van der Waals surface area contributed by atoms with E-state index >= 15 is 0 Å². The number of fused-ring (bicyclic) bond motifs is 1. The lowest BCUT2D eigenvalue weighted by atomic mass is 10.2. The van der Waals surface area contributed by atoms with Crippen LogP contribution in [-0.2, 0) is 21.2 Å². The van der Waals surface area contributed by atoms with E-state index in [4.69, 9.17) is 4.74 Å². The smallest absolute Gasteiger partial charge is 0.240 e. The summed E-state index contributed by atoms with van der Waals surface area (Å²) in [5.41, 5.74) is 2.76. The number of aryl methyl sites for hydroxylation is 1. The molecular formula is C22H26N2O4S. The number of carbonyl (C=O) groups is 1. The Hall–Kier alpha value is -2.38. The summed E-state index contributed by atoms with van der Waals surface area (Å²) >= 11 is 0. The van der Waals surface area contributed by atoms with Gasteiger partial charge in [0.25, 0.3) is 0 Å². The van der Waals surface area contributed by atoms with Crippen LogP contribution in [0.3, 0.4) is 0 Å². The first-order valence-corrected chi connectivity index (χ1v) is 11.5. The highest BCUT2D eigenvalue weighted by Gasteiger charge is 2.36. The van der Waals surface area contributed by atoms with Gasteiger partial charge in [0.1, 0.15) is 12.4 Å². The van der Waals surface area contributed by atoms with Crippen LogP contribution in [0.1, 0.15) is 30.9 Å². The van der Waals surface area contributed by atoms with Gasteiger partial charge in [0, 0.05) is 18.2 Å². The first-order valence-electron chi connectivity index (χ1n) is 10.0. The summed E-state index contributed by atoms with van der Waals surface area (Å²) in [5, 5.41) is 0. The van der Waals surface area contributed by atoms with E-state index in [1.165, 1.54) is 0 Å². The predicted molar refractivity (Wildman–Crippen MR) is 112 cm³/mol. The molecule has 1 fully saturated rings. The van der Waals surface area contributed by atoms with E-state index in [9.17, 15) is 13.2 Å². The number of amides is 1. The monoisotopic (exact) mass is 414 g/mol. The van der Waals surface area contributed by atoms with Crippen LogP contribution >= 0.6 is 0 Å². The first kappa shape index (κ1) is 19.9. The summed E-state index contributed by atoms with van der Waals surface area (Å²) in [6.45, 7) is 4.59. The number of sulfonamides is 1. The zero-order valence-corrected chi connectivity index (χ0v) is 17.5. The third-order valence-corrected chi connectivity index (χ3v) is 6.98. The summed E-state index contributed by atoms with van der Waals surface area (Å²) in [7, 11) is -3.67. The van der Waals surface area contributed by atoms with Gasteiger partial charge in [0.05, 0.1) is 10.9 Å². The van der Waals surface area contributed by atoms with Crippen molar-refractivity contribution in [3.8, 4) is 5.75 Å². The number of anilines is 1. The molecule has 1 aliphatic heterocycles. The average molecular weight is 415 g/mol. The molecule has 1 aliphatic carbocycles. The van der Waals surface area contributed by atoms with Gasteiger partial charge < -0.3 is 9.64 Å². The van der Waals surface area contributed by atoms with Gasteiger partial charge in [-0.05, 0) is 68.5 Å². The summed E-state index contributed by atoms with van der Waals surface area (Å²) in [4.78, 5) is 14.4. The minimum Gasteiger partial charge on any atom is -0.492 e. The zero-order chi connectivity index (χ0) is 20.6. The lowest BCUT2D eigenvalue weighted by molar-refractivity contribution is -0.119. The van der Waals surface area contributed by atoms with E-state index in [0.29, 0.717) is 13.0 Å². The van der Waals surface area contributed by atoms with Crippen LogP contribution in [0.25, 0.3) is 0 Å². The van der Waals surface area contributed by atoms with Crippen molar-refractivity contribution in [3.63, 3.8) is 0 Å². The van der Waals surface area contributed by atoms with Gasteiger partial charge in [-0.1, -0.05) is 18.2 Å². The minimum atomic E-state index is -3.67. The largest absolute Gasteiger partial charge is 0.492 e. The fourth-order valence-corrected chi connectivity index (χ4v) is 4.90. The Bertz CT molecular complexity index is 1030. The van der Waals surface area contributed by atoms with Gasteiger partial charge in [-0.25, -0.2) is 13.1 Å². The normalized spacial score (nSPS) is 17.1. The number of ether oxygens (including phenoxy) is 1. The van der Waals surface area contributed by atoms with Gasteiger partial charge in [-0.2, -0.15) is 0 Å². The predicted octanol–water partition coefficient (Wildman–Crippen LogP) is 3.04. The van der Waals surface area contributed by atoms with Crippen molar-refractivity contribution in [2.45, 2.75) is 44.0 Å². The topological polar surface area (TPSA) is 75.7 Å². The Kier molecular flexibility index (Phi) is 5.36. The van der Waals surface area contributed by atoms with Crippen molar-refractivity contribution >= 4 is 21.6 Å². The highest BCUT2D eigenvalue weighted by Crippen LogP contribution is 2.37. The van der Waals surface area contributed by atoms with Crippen LogP contribution in [0.2, 0.25) is 0 Å². The van der Waals surface area contributed by atoms with Gasteiger partial charge >= 0.3 is 0 Å². The molecule has 6 nitrogen and oxygen atoms in total. The molecular weight excluding hydrogens is 388 g/mol. The Balaban J connectivity index is 1.42. The molecule has 0 unspecified atom stereocenters. The van der Waals surface area contributed by atoms with Crippen LogP contribution in [0.15, 0.2) is 47.4 Å². The van der Waals surface area contributed by atoms with Crippen LogP contribution < -0.4 is 14.4 Å².